The standard InChI is InChI=1S/C10H10O3/c1-12-8-2-3-10-9(4-8)7(5-11)6-13-10/h2-4,6,11H,5H2,1H3. The van der Waals surface area contributed by atoms with Crippen molar-refractivity contribution in [3.05, 3.63) is 30.0 Å². The maximum absolute atomic E-state index is 8.99. The van der Waals surface area contributed by atoms with E-state index in [1.165, 1.54) is 0 Å². The largest absolute Gasteiger partial charge is 0.497 e. The predicted octanol–water partition coefficient (Wildman–Crippen LogP) is 1.93. The SMILES string of the molecule is COc1ccc2occ(CO)c2c1. The third-order valence-electron chi connectivity index (χ3n) is 2.03. The molecule has 2 aromatic rings. The van der Waals surface area contributed by atoms with E-state index in [0.29, 0.717) is 0 Å². The van der Waals surface area contributed by atoms with Crippen LogP contribution in [0.5, 0.6) is 5.75 Å². The smallest absolute Gasteiger partial charge is 0.134 e. The van der Waals surface area contributed by atoms with Crippen LogP contribution < -0.4 is 4.74 Å². The minimum atomic E-state index is -0.0137. The van der Waals surface area contributed by atoms with Gasteiger partial charge in [0, 0.05) is 10.9 Å². The Morgan fingerprint density at radius 1 is 1.46 bits per heavy atom. The van der Waals surface area contributed by atoms with Gasteiger partial charge in [-0.05, 0) is 18.2 Å². The summed E-state index contributed by atoms with van der Waals surface area (Å²) >= 11 is 0. The van der Waals surface area contributed by atoms with Gasteiger partial charge in [0.2, 0.25) is 0 Å². The molecule has 2 rings (SSSR count). The highest BCUT2D eigenvalue weighted by Gasteiger charge is 2.05. The van der Waals surface area contributed by atoms with Crippen LogP contribution in [0.3, 0.4) is 0 Å². The molecule has 0 saturated carbocycles. The molecule has 3 nitrogen and oxygen atoms in total. The molecule has 1 heterocycles. The number of ether oxygens (including phenoxy) is 1. The van der Waals surface area contributed by atoms with E-state index in [9.17, 15) is 0 Å². The Balaban J connectivity index is 2.64. The highest BCUT2D eigenvalue weighted by Crippen LogP contribution is 2.25. The second-order valence-electron chi connectivity index (χ2n) is 2.78. The maximum Gasteiger partial charge on any atom is 0.134 e. The van der Waals surface area contributed by atoms with Crippen LogP contribution in [0.4, 0.5) is 0 Å². The van der Waals surface area contributed by atoms with Crippen LogP contribution >= 0.6 is 0 Å². The predicted molar refractivity (Wildman–Crippen MR) is 48.7 cm³/mol. The zero-order valence-corrected chi connectivity index (χ0v) is 7.28. The molecule has 0 aliphatic heterocycles. The van der Waals surface area contributed by atoms with E-state index in [-0.39, 0.29) is 6.61 Å². The first-order chi connectivity index (χ1) is 6.35. The van der Waals surface area contributed by atoms with Crippen molar-refractivity contribution >= 4 is 11.0 Å². The van der Waals surface area contributed by atoms with E-state index >= 15 is 0 Å². The van der Waals surface area contributed by atoms with Crippen molar-refractivity contribution < 1.29 is 14.3 Å². The van der Waals surface area contributed by atoms with Gasteiger partial charge in [-0.3, -0.25) is 0 Å². The van der Waals surface area contributed by atoms with Crippen LogP contribution in [0.1, 0.15) is 5.56 Å². The van der Waals surface area contributed by atoms with Crippen molar-refractivity contribution in [3.63, 3.8) is 0 Å². The molecular formula is C10H10O3. The first-order valence-electron chi connectivity index (χ1n) is 4.00. The molecule has 1 N–H and O–H groups in total. The van der Waals surface area contributed by atoms with E-state index in [2.05, 4.69) is 0 Å². The monoisotopic (exact) mass is 178 g/mol. The molecule has 0 spiro atoms. The highest BCUT2D eigenvalue weighted by atomic mass is 16.5. The molecule has 0 saturated heterocycles. The van der Waals surface area contributed by atoms with Crippen molar-refractivity contribution in [1.82, 2.24) is 0 Å². The molecule has 0 bridgehead atoms. The minimum absolute atomic E-state index is 0.0137. The number of methoxy groups -OCH3 is 1. The Morgan fingerprint density at radius 2 is 2.31 bits per heavy atom. The van der Waals surface area contributed by atoms with Gasteiger partial charge in [0.05, 0.1) is 20.0 Å². The summed E-state index contributed by atoms with van der Waals surface area (Å²) in [6, 6.07) is 5.50. The quantitative estimate of drug-likeness (QED) is 0.764. The average molecular weight is 178 g/mol. The van der Waals surface area contributed by atoms with Crippen molar-refractivity contribution in [2.24, 2.45) is 0 Å². The summed E-state index contributed by atoms with van der Waals surface area (Å²) in [5.41, 5.74) is 1.55. The Kier molecular flexibility index (Phi) is 1.94. The van der Waals surface area contributed by atoms with Crippen molar-refractivity contribution in [1.29, 1.82) is 0 Å². The molecule has 0 unspecified atom stereocenters. The summed E-state index contributed by atoms with van der Waals surface area (Å²) in [5.74, 6) is 0.767. The van der Waals surface area contributed by atoms with Crippen LogP contribution in [0.25, 0.3) is 11.0 Å². The third kappa shape index (κ3) is 1.27. The molecule has 13 heavy (non-hydrogen) atoms. The minimum Gasteiger partial charge on any atom is -0.497 e. The summed E-state index contributed by atoms with van der Waals surface area (Å²) in [7, 11) is 1.61. The van der Waals surface area contributed by atoms with Crippen molar-refractivity contribution in [3.8, 4) is 5.75 Å². The lowest BCUT2D eigenvalue weighted by Gasteiger charge is -1.98. The van der Waals surface area contributed by atoms with Crippen molar-refractivity contribution in [2.75, 3.05) is 7.11 Å². The first-order valence-corrected chi connectivity index (χ1v) is 4.00. The molecule has 0 amide bonds. The molecule has 3 heteroatoms. The molecule has 0 aliphatic carbocycles. The van der Waals surface area contributed by atoms with E-state index in [1.807, 2.05) is 18.2 Å². The van der Waals surface area contributed by atoms with Crippen LogP contribution in [-0.2, 0) is 6.61 Å². The lowest BCUT2D eigenvalue weighted by atomic mass is 10.2. The molecule has 0 radical (unpaired) electrons. The molecule has 0 fully saturated rings. The topological polar surface area (TPSA) is 42.6 Å². The number of benzene rings is 1. The van der Waals surface area contributed by atoms with Gasteiger partial charge in [0.15, 0.2) is 0 Å². The Hall–Kier alpha value is -1.48. The second kappa shape index (κ2) is 3.11. The fraction of sp³-hybridized carbons (Fsp3) is 0.200. The normalized spacial score (nSPS) is 10.6. The Labute approximate surface area is 75.5 Å². The van der Waals surface area contributed by atoms with E-state index < -0.39 is 0 Å². The summed E-state index contributed by atoms with van der Waals surface area (Å²) < 4.78 is 10.3. The van der Waals surface area contributed by atoms with E-state index in [4.69, 9.17) is 14.3 Å². The molecule has 0 aliphatic rings. The maximum atomic E-state index is 8.99. The van der Waals surface area contributed by atoms with Crippen LogP contribution in [0, 0.1) is 0 Å². The summed E-state index contributed by atoms with van der Waals surface area (Å²) in [4.78, 5) is 0. The van der Waals surface area contributed by atoms with Crippen molar-refractivity contribution in [2.45, 2.75) is 6.61 Å². The van der Waals surface area contributed by atoms with Gasteiger partial charge in [-0.1, -0.05) is 0 Å². The number of aliphatic hydroxyl groups excluding tert-OH is 1. The van der Waals surface area contributed by atoms with Crippen LogP contribution in [0.2, 0.25) is 0 Å². The molecule has 1 aromatic carbocycles. The number of furan rings is 1. The number of aliphatic hydroxyl groups is 1. The van der Waals surface area contributed by atoms with Gasteiger partial charge in [-0.15, -0.1) is 0 Å². The first kappa shape index (κ1) is 8.13. The zero-order valence-electron chi connectivity index (χ0n) is 7.28. The molecule has 1 aromatic heterocycles. The Bertz CT molecular complexity index is 417. The molecule has 0 atom stereocenters. The molecular weight excluding hydrogens is 168 g/mol. The summed E-state index contributed by atoms with van der Waals surface area (Å²) in [6.07, 6.45) is 1.56. The number of rotatable bonds is 2. The lowest BCUT2D eigenvalue weighted by Crippen LogP contribution is -1.83. The van der Waals surface area contributed by atoms with Gasteiger partial charge in [-0.2, -0.15) is 0 Å². The number of hydrogen-bond donors (Lipinski definition) is 1. The third-order valence-corrected chi connectivity index (χ3v) is 2.03. The summed E-state index contributed by atoms with van der Waals surface area (Å²) in [5, 5.41) is 9.89. The van der Waals surface area contributed by atoms with Gasteiger partial charge in [0.1, 0.15) is 11.3 Å². The van der Waals surface area contributed by atoms with Gasteiger partial charge in [-0.25, -0.2) is 0 Å². The van der Waals surface area contributed by atoms with Gasteiger partial charge in [0.25, 0.3) is 0 Å². The average Bonchev–Trinajstić information content (AvgIpc) is 2.59. The fourth-order valence-electron chi connectivity index (χ4n) is 1.31. The Morgan fingerprint density at radius 3 is 3.00 bits per heavy atom. The van der Waals surface area contributed by atoms with Gasteiger partial charge < -0.3 is 14.3 Å². The summed E-state index contributed by atoms with van der Waals surface area (Å²) in [6.45, 7) is -0.0137. The second-order valence-corrected chi connectivity index (χ2v) is 2.78. The van der Waals surface area contributed by atoms with E-state index in [0.717, 1.165) is 22.3 Å². The lowest BCUT2D eigenvalue weighted by molar-refractivity contribution is 0.281. The van der Waals surface area contributed by atoms with E-state index in [1.54, 1.807) is 13.4 Å². The van der Waals surface area contributed by atoms with Crippen LogP contribution in [0.15, 0.2) is 28.9 Å². The fourth-order valence-corrected chi connectivity index (χ4v) is 1.31. The number of fused-ring (bicyclic) bond motifs is 1. The zero-order chi connectivity index (χ0) is 9.26. The molecule has 68 valence electrons. The van der Waals surface area contributed by atoms with Gasteiger partial charge >= 0.3 is 0 Å². The number of hydrogen-bond acceptors (Lipinski definition) is 3. The van der Waals surface area contributed by atoms with Crippen LogP contribution in [-0.4, -0.2) is 12.2 Å². The highest BCUT2D eigenvalue weighted by molar-refractivity contribution is 5.82.